The van der Waals surface area contributed by atoms with E-state index in [-0.39, 0.29) is 6.61 Å². The van der Waals surface area contributed by atoms with E-state index in [0.717, 1.165) is 6.26 Å². The lowest BCUT2D eigenvalue weighted by atomic mass is 10.7. The van der Waals surface area contributed by atoms with Crippen molar-refractivity contribution in [1.29, 1.82) is 0 Å². The third kappa shape index (κ3) is 9.42. The van der Waals surface area contributed by atoms with Crippen molar-refractivity contribution in [3.8, 4) is 0 Å². The van der Waals surface area contributed by atoms with E-state index >= 15 is 0 Å². The summed E-state index contributed by atoms with van der Waals surface area (Å²) in [6, 6.07) is 0. The molecule has 0 saturated heterocycles. The third-order valence-corrected chi connectivity index (χ3v) is 1.05. The fourth-order valence-electron chi connectivity index (χ4n) is 0.562. The Kier molecular flexibility index (Phi) is 9.92. The van der Waals surface area contributed by atoms with E-state index in [4.69, 9.17) is 25.9 Å². The molecule has 4 nitrogen and oxygen atoms in total. The molecule has 0 atom stereocenters. The van der Waals surface area contributed by atoms with Gasteiger partial charge in [0, 0.05) is 0 Å². The predicted octanol–water partition coefficient (Wildman–Crippen LogP) is -0.0248. The van der Waals surface area contributed by atoms with Gasteiger partial charge in [0.1, 0.15) is 6.61 Å². The molecule has 0 saturated carbocycles. The summed E-state index contributed by atoms with van der Waals surface area (Å²) in [5, 5.41) is 8.34. The minimum atomic E-state index is 0.0469. The van der Waals surface area contributed by atoms with E-state index < -0.39 is 0 Å². The quantitative estimate of drug-likeness (QED) is 0.395. The van der Waals surface area contributed by atoms with Gasteiger partial charge in [-0.1, -0.05) is 0 Å². The van der Waals surface area contributed by atoms with Gasteiger partial charge in [0.15, 0.2) is 0 Å². The number of rotatable bonds is 9. The van der Waals surface area contributed by atoms with Crippen molar-refractivity contribution in [2.75, 3.05) is 39.6 Å². The molecule has 0 spiro atoms. The first-order valence-electron chi connectivity index (χ1n) is 3.83. The van der Waals surface area contributed by atoms with Crippen molar-refractivity contribution in [3.63, 3.8) is 0 Å². The van der Waals surface area contributed by atoms with Gasteiger partial charge in [-0.05, 0) is 6.58 Å². The van der Waals surface area contributed by atoms with Crippen molar-refractivity contribution in [2.24, 2.45) is 0 Å². The lowest BCUT2D eigenvalue weighted by Gasteiger charge is -2.03. The minimum absolute atomic E-state index is 0.0469. The standard InChI is InChI=1S/C8H15O4/c1-2-10-5-6-12-8-7-11-4-3-9/h1-2,9H,3-8H2. The smallest absolute Gasteiger partial charge is 0.111 e. The molecule has 0 aliphatic rings. The topological polar surface area (TPSA) is 47.9 Å². The molecule has 0 aromatic rings. The van der Waals surface area contributed by atoms with E-state index in [1.54, 1.807) is 0 Å². The highest BCUT2D eigenvalue weighted by molar-refractivity contribution is 4.42. The first-order valence-corrected chi connectivity index (χ1v) is 3.83. The number of aliphatic hydroxyl groups is 1. The Morgan fingerprint density at radius 2 is 1.58 bits per heavy atom. The molecular formula is C8H15O4. The van der Waals surface area contributed by atoms with Crippen LogP contribution in [0.3, 0.4) is 0 Å². The summed E-state index contributed by atoms with van der Waals surface area (Å²) in [5.74, 6) is 0. The molecule has 0 heterocycles. The van der Waals surface area contributed by atoms with E-state index in [2.05, 4.69) is 0 Å². The second-order valence-electron chi connectivity index (χ2n) is 1.96. The van der Waals surface area contributed by atoms with Crippen molar-refractivity contribution in [3.05, 3.63) is 12.8 Å². The van der Waals surface area contributed by atoms with Crippen LogP contribution in [0, 0.1) is 6.58 Å². The Morgan fingerprint density at radius 1 is 1.00 bits per heavy atom. The van der Waals surface area contributed by atoms with Gasteiger partial charge in [0.25, 0.3) is 0 Å². The molecule has 0 unspecified atom stereocenters. The monoisotopic (exact) mass is 175 g/mol. The van der Waals surface area contributed by atoms with Crippen molar-refractivity contribution < 1.29 is 19.3 Å². The summed E-state index contributed by atoms with van der Waals surface area (Å²) in [7, 11) is 0. The van der Waals surface area contributed by atoms with Gasteiger partial charge in [-0.3, -0.25) is 0 Å². The van der Waals surface area contributed by atoms with Gasteiger partial charge >= 0.3 is 0 Å². The fourth-order valence-corrected chi connectivity index (χ4v) is 0.562. The van der Waals surface area contributed by atoms with Crippen LogP contribution in [0.4, 0.5) is 0 Å². The molecule has 1 N–H and O–H groups in total. The van der Waals surface area contributed by atoms with Gasteiger partial charge in [-0.15, -0.1) is 0 Å². The summed E-state index contributed by atoms with van der Waals surface area (Å²) in [5.41, 5.74) is 0. The van der Waals surface area contributed by atoms with Gasteiger partial charge in [0.05, 0.1) is 39.3 Å². The van der Waals surface area contributed by atoms with Gasteiger partial charge in [0.2, 0.25) is 0 Å². The molecule has 71 valence electrons. The first-order chi connectivity index (χ1) is 5.91. The normalized spacial score (nSPS) is 9.75. The maximum atomic E-state index is 8.34. The zero-order valence-corrected chi connectivity index (χ0v) is 7.07. The first kappa shape index (κ1) is 11.4. The highest BCUT2D eigenvalue weighted by Gasteiger charge is 1.88. The summed E-state index contributed by atoms with van der Waals surface area (Å²) in [6.07, 6.45) is 1.13. The molecule has 0 aromatic carbocycles. The Morgan fingerprint density at radius 3 is 2.17 bits per heavy atom. The van der Waals surface area contributed by atoms with E-state index in [0.29, 0.717) is 33.0 Å². The van der Waals surface area contributed by atoms with Crippen LogP contribution >= 0.6 is 0 Å². The Hall–Kier alpha value is -0.580. The lowest BCUT2D eigenvalue weighted by Crippen LogP contribution is -2.09. The molecule has 0 amide bonds. The lowest BCUT2D eigenvalue weighted by molar-refractivity contribution is 0.0203. The predicted molar refractivity (Wildman–Crippen MR) is 43.5 cm³/mol. The van der Waals surface area contributed by atoms with Crippen LogP contribution in [-0.2, 0) is 14.2 Å². The Labute approximate surface area is 72.7 Å². The van der Waals surface area contributed by atoms with E-state index in [1.807, 2.05) is 0 Å². The van der Waals surface area contributed by atoms with Crippen LogP contribution in [0.2, 0.25) is 0 Å². The molecule has 12 heavy (non-hydrogen) atoms. The van der Waals surface area contributed by atoms with Crippen LogP contribution in [-0.4, -0.2) is 44.7 Å². The average molecular weight is 175 g/mol. The summed E-state index contributed by atoms with van der Waals surface area (Å²) in [6.45, 7) is 7.31. The largest absolute Gasteiger partial charge is 0.499 e. The number of hydrogen-bond donors (Lipinski definition) is 1. The summed E-state index contributed by atoms with van der Waals surface area (Å²) >= 11 is 0. The van der Waals surface area contributed by atoms with Gasteiger partial charge in [-0.25, -0.2) is 0 Å². The van der Waals surface area contributed by atoms with Crippen LogP contribution in [0.5, 0.6) is 0 Å². The van der Waals surface area contributed by atoms with Crippen LogP contribution < -0.4 is 0 Å². The zero-order valence-electron chi connectivity index (χ0n) is 7.07. The summed E-state index contributed by atoms with van der Waals surface area (Å²) < 4.78 is 14.7. The number of aliphatic hydroxyl groups excluding tert-OH is 1. The number of ether oxygens (including phenoxy) is 3. The van der Waals surface area contributed by atoms with Crippen LogP contribution in [0.15, 0.2) is 6.26 Å². The van der Waals surface area contributed by atoms with Crippen molar-refractivity contribution in [1.82, 2.24) is 0 Å². The summed E-state index contributed by atoms with van der Waals surface area (Å²) in [4.78, 5) is 0. The maximum Gasteiger partial charge on any atom is 0.111 e. The van der Waals surface area contributed by atoms with Crippen molar-refractivity contribution >= 4 is 0 Å². The molecule has 0 fully saturated rings. The molecule has 0 bridgehead atoms. The molecule has 0 rings (SSSR count). The molecule has 0 aliphatic heterocycles. The second kappa shape index (κ2) is 10.4. The Bertz CT molecular complexity index is 95.1. The van der Waals surface area contributed by atoms with E-state index in [1.165, 1.54) is 0 Å². The highest BCUT2D eigenvalue weighted by Crippen LogP contribution is 1.80. The zero-order chi connectivity index (χ0) is 9.07. The fraction of sp³-hybridized carbons (Fsp3) is 0.750. The SMILES string of the molecule is [CH]=COCCOCCOCCO. The molecule has 0 aliphatic carbocycles. The van der Waals surface area contributed by atoms with Crippen molar-refractivity contribution in [2.45, 2.75) is 0 Å². The van der Waals surface area contributed by atoms with Gasteiger partial charge < -0.3 is 19.3 Å². The average Bonchev–Trinajstić information content (AvgIpc) is 2.10. The Balaban J connectivity index is 2.77. The second-order valence-corrected chi connectivity index (χ2v) is 1.96. The maximum absolute atomic E-state index is 8.34. The van der Waals surface area contributed by atoms with Gasteiger partial charge in [-0.2, -0.15) is 0 Å². The molecule has 0 aromatic heterocycles. The molecule has 1 radical (unpaired) electrons. The molecular weight excluding hydrogens is 160 g/mol. The molecule has 4 heteroatoms. The highest BCUT2D eigenvalue weighted by atomic mass is 16.5. The third-order valence-electron chi connectivity index (χ3n) is 1.05. The number of hydrogen-bond acceptors (Lipinski definition) is 4. The van der Waals surface area contributed by atoms with Crippen LogP contribution in [0.25, 0.3) is 0 Å². The van der Waals surface area contributed by atoms with Crippen LogP contribution in [0.1, 0.15) is 0 Å². The minimum Gasteiger partial charge on any atom is -0.499 e. The van der Waals surface area contributed by atoms with E-state index in [9.17, 15) is 0 Å².